The van der Waals surface area contributed by atoms with Crippen LogP contribution in [0.1, 0.15) is 24.8 Å². The van der Waals surface area contributed by atoms with Gasteiger partial charge in [-0.2, -0.15) is 0 Å². The van der Waals surface area contributed by atoms with E-state index in [0.717, 1.165) is 57.7 Å². The predicted octanol–water partition coefficient (Wildman–Crippen LogP) is 1.72. The van der Waals surface area contributed by atoms with E-state index < -0.39 is 0 Å². The standard InChI is InChI=1S/C22H33FN4O3/c1-25(2)22(29)26-11-7-20(16-26)27(19-8-13-30-14-9-19)12-10-24-21(28)15-17-3-5-18(23)6-4-17/h3-6,19-20H,7-16H2,1-2H3,(H,24,28). The van der Waals surface area contributed by atoms with Crippen LogP contribution in [0, 0.1) is 5.82 Å². The second-order valence-corrected chi connectivity index (χ2v) is 8.30. The highest BCUT2D eigenvalue weighted by atomic mass is 19.1. The molecule has 1 atom stereocenters. The molecule has 166 valence electrons. The molecule has 3 rings (SSSR count). The molecule has 1 unspecified atom stereocenters. The number of halogens is 1. The number of carbonyl (C=O) groups is 2. The first-order valence-corrected chi connectivity index (χ1v) is 10.7. The van der Waals surface area contributed by atoms with Gasteiger partial charge in [-0.15, -0.1) is 0 Å². The SMILES string of the molecule is CN(C)C(=O)N1CCC(N(CCNC(=O)Cc2ccc(F)cc2)C2CCOCC2)C1. The van der Waals surface area contributed by atoms with E-state index in [0.29, 0.717) is 18.6 Å². The lowest BCUT2D eigenvalue weighted by molar-refractivity contribution is -0.120. The van der Waals surface area contributed by atoms with Crippen molar-refractivity contribution in [3.63, 3.8) is 0 Å². The van der Waals surface area contributed by atoms with Gasteiger partial charge in [0.15, 0.2) is 0 Å². The fraction of sp³-hybridized carbons (Fsp3) is 0.636. The van der Waals surface area contributed by atoms with E-state index in [2.05, 4.69) is 10.2 Å². The van der Waals surface area contributed by atoms with Gasteiger partial charge in [0, 0.05) is 65.6 Å². The number of hydrogen-bond acceptors (Lipinski definition) is 4. The van der Waals surface area contributed by atoms with Crippen LogP contribution in [0.25, 0.3) is 0 Å². The first-order chi connectivity index (χ1) is 14.4. The minimum Gasteiger partial charge on any atom is -0.381 e. The highest BCUT2D eigenvalue weighted by molar-refractivity contribution is 5.78. The number of hydrogen-bond donors (Lipinski definition) is 1. The van der Waals surface area contributed by atoms with E-state index in [-0.39, 0.29) is 24.2 Å². The fourth-order valence-electron chi connectivity index (χ4n) is 4.32. The van der Waals surface area contributed by atoms with Crippen molar-refractivity contribution in [3.8, 4) is 0 Å². The van der Waals surface area contributed by atoms with E-state index in [4.69, 9.17) is 4.74 Å². The van der Waals surface area contributed by atoms with Gasteiger partial charge in [-0.25, -0.2) is 9.18 Å². The normalized spacial score (nSPS) is 19.9. The van der Waals surface area contributed by atoms with Crippen LogP contribution in [0.15, 0.2) is 24.3 Å². The summed E-state index contributed by atoms with van der Waals surface area (Å²) in [6, 6.07) is 6.78. The summed E-state index contributed by atoms with van der Waals surface area (Å²) in [4.78, 5) is 30.6. The summed E-state index contributed by atoms with van der Waals surface area (Å²) in [6.45, 7) is 4.29. The molecule has 2 heterocycles. The van der Waals surface area contributed by atoms with Crippen molar-refractivity contribution in [1.29, 1.82) is 0 Å². The zero-order valence-electron chi connectivity index (χ0n) is 18.0. The average molecular weight is 421 g/mol. The van der Waals surface area contributed by atoms with Crippen molar-refractivity contribution in [2.24, 2.45) is 0 Å². The summed E-state index contributed by atoms with van der Waals surface area (Å²) in [5, 5.41) is 3.00. The highest BCUT2D eigenvalue weighted by Gasteiger charge is 2.34. The first kappa shape index (κ1) is 22.5. The van der Waals surface area contributed by atoms with Crippen LogP contribution in [0.3, 0.4) is 0 Å². The molecular formula is C22H33FN4O3. The number of ether oxygens (including phenoxy) is 1. The number of urea groups is 1. The van der Waals surface area contributed by atoms with Crippen molar-refractivity contribution < 1.29 is 18.7 Å². The predicted molar refractivity (Wildman–Crippen MR) is 113 cm³/mol. The van der Waals surface area contributed by atoms with Crippen LogP contribution >= 0.6 is 0 Å². The van der Waals surface area contributed by atoms with E-state index in [9.17, 15) is 14.0 Å². The van der Waals surface area contributed by atoms with Gasteiger partial charge in [0.1, 0.15) is 5.82 Å². The largest absolute Gasteiger partial charge is 0.381 e. The van der Waals surface area contributed by atoms with Crippen molar-refractivity contribution in [1.82, 2.24) is 20.0 Å². The maximum atomic E-state index is 13.0. The number of rotatable bonds is 7. The van der Waals surface area contributed by atoms with Crippen LogP contribution in [0.4, 0.5) is 9.18 Å². The average Bonchev–Trinajstić information content (AvgIpc) is 3.22. The molecular weight excluding hydrogens is 387 g/mol. The summed E-state index contributed by atoms with van der Waals surface area (Å²) in [5.74, 6) is -0.367. The molecule has 8 heteroatoms. The Morgan fingerprint density at radius 2 is 1.83 bits per heavy atom. The zero-order valence-corrected chi connectivity index (χ0v) is 18.0. The molecule has 0 saturated carbocycles. The van der Waals surface area contributed by atoms with Crippen molar-refractivity contribution in [2.45, 2.75) is 37.8 Å². The summed E-state index contributed by atoms with van der Waals surface area (Å²) in [6.07, 6.45) is 3.13. The number of carbonyl (C=O) groups excluding carboxylic acids is 2. The number of nitrogens with one attached hydrogen (secondary N) is 1. The molecule has 3 amide bonds. The van der Waals surface area contributed by atoms with Crippen molar-refractivity contribution >= 4 is 11.9 Å². The first-order valence-electron chi connectivity index (χ1n) is 10.7. The summed E-state index contributed by atoms with van der Waals surface area (Å²) < 4.78 is 18.5. The zero-order chi connectivity index (χ0) is 21.5. The monoisotopic (exact) mass is 420 g/mol. The molecule has 1 aromatic carbocycles. The highest BCUT2D eigenvalue weighted by Crippen LogP contribution is 2.23. The molecule has 0 aromatic heterocycles. The van der Waals surface area contributed by atoms with Crippen molar-refractivity contribution in [3.05, 3.63) is 35.6 Å². The summed E-state index contributed by atoms with van der Waals surface area (Å²) in [5.41, 5.74) is 0.795. The van der Waals surface area contributed by atoms with Crippen LogP contribution in [-0.2, 0) is 16.0 Å². The van der Waals surface area contributed by atoms with Gasteiger partial charge < -0.3 is 19.9 Å². The molecule has 2 aliphatic rings. The maximum absolute atomic E-state index is 13.0. The van der Waals surface area contributed by atoms with Crippen LogP contribution in [-0.4, -0.2) is 92.2 Å². The molecule has 7 nitrogen and oxygen atoms in total. The Morgan fingerprint density at radius 3 is 2.50 bits per heavy atom. The molecule has 2 saturated heterocycles. The molecule has 2 fully saturated rings. The fourth-order valence-corrected chi connectivity index (χ4v) is 4.32. The third-order valence-electron chi connectivity index (χ3n) is 5.92. The van der Waals surface area contributed by atoms with Gasteiger partial charge in [-0.05, 0) is 37.0 Å². The van der Waals surface area contributed by atoms with E-state index in [1.807, 2.05) is 4.90 Å². The van der Waals surface area contributed by atoms with Gasteiger partial charge in [0.05, 0.1) is 6.42 Å². The molecule has 1 aromatic rings. The lowest BCUT2D eigenvalue weighted by Gasteiger charge is -2.38. The summed E-state index contributed by atoms with van der Waals surface area (Å²) >= 11 is 0. The van der Waals surface area contributed by atoms with E-state index in [1.165, 1.54) is 12.1 Å². The Hall–Kier alpha value is -2.19. The van der Waals surface area contributed by atoms with E-state index >= 15 is 0 Å². The minimum absolute atomic E-state index is 0.0528. The van der Waals surface area contributed by atoms with Gasteiger partial charge in [0.2, 0.25) is 5.91 Å². The Kier molecular flexibility index (Phi) is 8.04. The van der Waals surface area contributed by atoms with Crippen molar-refractivity contribution in [2.75, 3.05) is 53.5 Å². The molecule has 30 heavy (non-hydrogen) atoms. The Labute approximate surface area is 178 Å². The molecule has 1 N–H and O–H groups in total. The van der Waals surface area contributed by atoms with Crippen LogP contribution in [0.2, 0.25) is 0 Å². The molecule has 0 radical (unpaired) electrons. The summed E-state index contributed by atoms with van der Waals surface area (Å²) in [7, 11) is 3.56. The lowest BCUT2D eigenvalue weighted by atomic mass is 10.0. The van der Waals surface area contributed by atoms with Gasteiger partial charge in [-0.3, -0.25) is 9.69 Å². The molecule has 0 aliphatic carbocycles. The topological polar surface area (TPSA) is 65.1 Å². The van der Waals surface area contributed by atoms with Gasteiger partial charge in [0.25, 0.3) is 0 Å². The number of nitrogens with zero attached hydrogens (tertiary/aromatic N) is 3. The number of benzene rings is 1. The third-order valence-corrected chi connectivity index (χ3v) is 5.92. The maximum Gasteiger partial charge on any atom is 0.319 e. The van der Waals surface area contributed by atoms with Gasteiger partial charge >= 0.3 is 6.03 Å². The second-order valence-electron chi connectivity index (χ2n) is 8.30. The Morgan fingerprint density at radius 1 is 1.13 bits per heavy atom. The Balaban J connectivity index is 1.53. The lowest BCUT2D eigenvalue weighted by Crippen LogP contribution is -2.50. The smallest absolute Gasteiger partial charge is 0.319 e. The quantitative estimate of drug-likeness (QED) is 0.730. The Bertz CT molecular complexity index is 707. The number of likely N-dealkylation sites (tertiary alicyclic amines) is 1. The van der Waals surface area contributed by atoms with E-state index in [1.54, 1.807) is 31.1 Å². The third kappa shape index (κ3) is 6.15. The number of amides is 3. The molecule has 0 bridgehead atoms. The molecule has 2 aliphatic heterocycles. The second kappa shape index (κ2) is 10.7. The minimum atomic E-state index is -0.301. The van der Waals surface area contributed by atoms with Gasteiger partial charge in [-0.1, -0.05) is 12.1 Å². The van der Waals surface area contributed by atoms with Crippen LogP contribution < -0.4 is 5.32 Å². The molecule has 0 spiro atoms. The van der Waals surface area contributed by atoms with Crippen LogP contribution in [0.5, 0.6) is 0 Å².